The lowest BCUT2D eigenvalue weighted by Crippen LogP contribution is -2.14. The maximum atomic E-state index is 11.9. The van der Waals surface area contributed by atoms with Crippen LogP contribution >= 0.6 is 0 Å². The summed E-state index contributed by atoms with van der Waals surface area (Å²) in [5.74, 6) is -1.11. The number of carbonyl (C=O) groups excluding carboxylic acids is 1. The van der Waals surface area contributed by atoms with Crippen molar-refractivity contribution >= 4 is 11.7 Å². The van der Waals surface area contributed by atoms with Crippen LogP contribution in [0.1, 0.15) is 13.8 Å². The molecule has 0 atom stereocenters. The Hall–Kier alpha value is -2.74. The fourth-order valence-electron chi connectivity index (χ4n) is 1.59. The first kappa shape index (κ1) is 15.3. The normalized spacial score (nSPS) is 12.2. The van der Waals surface area contributed by atoms with Crippen molar-refractivity contribution in [3.05, 3.63) is 53.4 Å². The Kier molecular flexibility index (Phi) is 5.85. The molecule has 0 fully saturated rings. The number of rotatable bonds is 5. The van der Waals surface area contributed by atoms with Crippen LogP contribution < -0.4 is 5.32 Å². The first-order valence-electron chi connectivity index (χ1n) is 6.09. The lowest BCUT2D eigenvalue weighted by Gasteiger charge is -2.12. The summed E-state index contributed by atoms with van der Waals surface area (Å²) in [5, 5.41) is 21.4. The number of carbonyl (C=O) groups is 1. The SMILES string of the molecule is CCOC(=O)C(/C(O)=C/C#N)=C(/C)Nc1ccccc1. The lowest BCUT2D eigenvalue weighted by molar-refractivity contribution is -0.138. The van der Waals surface area contributed by atoms with Gasteiger partial charge >= 0.3 is 5.97 Å². The van der Waals surface area contributed by atoms with Gasteiger partial charge in [-0.1, -0.05) is 18.2 Å². The third-order valence-electron chi connectivity index (χ3n) is 2.42. The van der Waals surface area contributed by atoms with E-state index in [0.717, 1.165) is 11.8 Å². The first-order valence-corrected chi connectivity index (χ1v) is 6.09. The van der Waals surface area contributed by atoms with Crippen molar-refractivity contribution in [2.75, 3.05) is 11.9 Å². The van der Waals surface area contributed by atoms with Crippen molar-refractivity contribution in [1.82, 2.24) is 0 Å². The van der Waals surface area contributed by atoms with Crippen molar-refractivity contribution < 1.29 is 14.6 Å². The number of nitrogens with one attached hydrogen (secondary N) is 1. The zero-order valence-electron chi connectivity index (χ0n) is 11.4. The average molecular weight is 272 g/mol. The molecule has 104 valence electrons. The van der Waals surface area contributed by atoms with Crippen molar-refractivity contribution in [2.24, 2.45) is 0 Å². The molecule has 0 radical (unpaired) electrons. The molecule has 0 spiro atoms. The van der Waals surface area contributed by atoms with Crippen molar-refractivity contribution in [3.63, 3.8) is 0 Å². The number of allylic oxidation sites excluding steroid dienone is 2. The third kappa shape index (κ3) is 4.18. The summed E-state index contributed by atoms with van der Waals surface area (Å²) < 4.78 is 4.88. The summed E-state index contributed by atoms with van der Waals surface area (Å²) in [6.07, 6.45) is 0.891. The molecule has 0 amide bonds. The lowest BCUT2D eigenvalue weighted by atomic mass is 10.1. The molecule has 0 aliphatic carbocycles. The van der Waals surface area contributed by atoms with E-state index in [1.807, 2.05) is 30.3 Å². The average Bonchev–Trinajstić information content (AvgIpc) is 2.40. The molecule has 0 bridgehead atoms. The predicted octanol–water partition coefficient (Wildman–Crippen LogP) is 2.90. The second kappa shape index (κ2) is 7.64. The highest BCUT2D eigenvalue weighted by Gasteiger charge is 2.19. The van der Waals surface area contributed by atoms with Gasteiger partial charge in [-0.15, -0.1) is 0 Å². The topological polar surface area (TPSA) is 82.3 Å². The number of hydrogen-bond donors (Lipinski definition) is 2. The third-order valence-corrected chi connectivity index (χ3v) is 2.42. The van der Waals surface area contributed by atoms with Crippen LogP contribution in [0, 0.1) is 11.3 Å². The number of benzene rings is 1. The predicted molar refractivity (Wildman–Crippen MR) is 75.7 cm³/mol. The van der Waals surface area contributed by atoms with Gasteiger partial charge in [-0.25, -0.2) is 4.79 Å². The summed E-state index contributed by atoms with van der Waals surface area (Å²) in [4.78, 5) is 11.9. The van der Waals surface area contributed by atoms with Gasteiger partial charge in [-0.05, 0) is 26.0 Å². The number of anilines is 1. The van der Waals surface area contributed by atoms with Crippen LogP contribution in [0.5, 0.6) is 0 Å². The summed E-state index contributed by atoms with van der Waals surface area (Å²) in [6, 6.07) is 10.9. The fraction of sp³-hybridized carbons (Fsp3) is 0.200. The highest BCUT2D eigenvalue weighted by atomic mass is 16.5. The monoisotopic (exact) mass is 272 g/mol. The second-order valence-corrected chi connectivity index (χ2v) is 3.87. The van der Waals surface area contributed by atoms with Gasteiger partial charge in [0, 0.05) is 11.4 Å². The van der Waals surface area contributed by atoms with Gasteiger partial charge in [-0.2, -0.15) is 5.26 Å². The van der Waals surface area contributed by atoms with Crippen LogP contribution in [0.3, 0.4) is 0 Å². The standard InChI is InChI=1S/C15H16N2O3/c1-3-20-15(19)14(13(18)9-10-16)11(2)17-12-7-5-4-6-8-12/h4-9,17-18H,3H2,1-2H3/b13-9-,14-11-. The summed E-state index contributed by atoms with van der Waals surface area (Å²) in [7, 11) is 0. The number of nitrogens with zero attached hydrogens (tertiary/aromatic N) is 1. The maximum Gasteiger partial charge on any atom is 0.343 e. The van der Waals surface area contributed by atoms with E-state index < -0.39 is 11.7 Å². The van der Waals surface area contributed by atoms with Crippen LogP contribution in [-0.2, 0) is 9.53 Å². The zero-order valence-corrected chi connectivity index (χ0v) is 11.4. The van der Waals surface area contributed by atoms with Crippen LogP contribution in [0.4, 0.5) is 5.69 Å². The van der Waals surface area contributed by atoms with Gasteiger partial charge < -0.3 is 15.2 Å². The molecule has 1 rings (SSSR count). The van der Waals surface area contributed by atoms with E-state index in [9.17, 15) is 9.90 Å². The van der Waals surface area contributed by atoms with Crippen LogP contribution in [-0.4, -0.2) is 17.7 Å². The van der Waals surface area contributed by atoms with Crippen molar-refractivity contribution in [3.8, 4) is 6.07 Å². The van der Waals surface area contributed by atoms with Gasteiger partial charge in [-0.3, -0.25) is 0 Å². The highest BCUT2D eigenvalue weighted by Crippen LogP contribution is 2.17. The molecule has 0 aromatic heterocycles. The molecular formula is C15H16N2O3. The largest absolute Gasteiger partial charge is 0.506 e. The Labute approximate surface area is 117 Å². The Balaban J connectivity index is 3.13. The van der Waals surface area contributed by atoms with Gasteiger partial charge in [0.05, 0.1) is 18.8 Å². The molecule has 20 heavy (non-hydrogen) atoms. The zero-order chi connectivity index (χ0) is 15.0. The molecule has 0 saturated carbocycles. The van der Waals surface area contributed by atoms with Crippen LogP contribution in [0.2, 0.25) is 0 Å². The molecule has 0 saturated heterocycles. The molecule has 1 aromatic rings. The summed E-state index contributed by atoms with van der Waals surface area (Å²) in [6.45, 7) is 3.47. The molecule has 0 aliphatic rings. The second-order valence-electron chi connectivity index (χ2n) is 3.87. The van der Waals surface area contributed by atoms with E-state index in [1.165, 1.54) is 0 Å². The van der Waals surface area contributed by atoms with E-state index >= 15 is 0 Å². The molecule has 1 aromatic carbocycles. The van der Waals surface area contributed by atoms with Crippen LogP contribution in [0.25, 0.3) is 0 Å². The number of aliphatic hydroxyl groups excluding tert-OH is 1. The van der Waals surface area contributed by atoms with E-state index in [4.69, 9.17) is 10.00 Å². The van der Waals surface area contributed by atoms with Gasteiger partial charge in [0.1, 0.15) is 11.3 Å². The molecule has 5 nitrogen and oxygen atoms in total. The maximum absolute atomic E-state index is 11.9. The highest BCUT2D eigenvalue weighted by molar-refractivity contribution is 5.94. The Morgan fingerprint density at radius 1 is 1.45 bits per heavy atom. The van der Waals surface area contributed by atoms with Crippen molar-refractivity contribution in [2.45, 2.75) is 13.8 Å². The van der Waals surface area contributed by atoms with E-state index in [-0.39, 0.29) is 12.2 Å². The minimum Gasteiger partial charge on any atom is -0.506 e. The summed E-state index contributed by atoms with van der Waals surface area (Å²) in [5.41, 5.74) is 1.10. The Morgan fingerprint density at radius 2 is 2.10 bits per heavy atom. The fourth-order valence-corrected chi connectivity index (χ4v) is 1.59. The molecule has 0 heterocycles. The molecule has 0 aliphatic heterocycles. The molecular weight excluding hydrogens is 256 g/mol. The minimum atomic E-state index is -0.683. The van der Waals surface area contributed by atoms with E-state index in [1.54, 1.807) is 19.9 Å². The number of para-hydroxylation sites is 1. The smallest absolute Gasteiger partial charge is 0.343 e. The summed E-state index contributed by atoms with van der Waals surface area (Å²) >= 11 is 0. The quantitative estimate of drug-likeness (QED) is 0.283. The number of nitriles is 1. The minimum absolute atomic E-state index is 0.0581. The molecule has 2 N–H and O–H groups in total. The van der Waals surface area contributed by atoms with Gasteiger partial charge in [0.2, 0.25) is 0 Å². The molecule has 0 unspecified atom stereocenters. The van der Waals surface area contributed by atoms with E-state index in [0.29, 0.717) is 5.70 Å². The number of aliphatic hydroxyl groups is 1. The number of esters is 1. The number of hydrogen-bond acceptors (Lipinski definition) is 5. The van der Waals surface area contributed by atoms with Crippen molar-refractivity contribution in [1.29, 1.82) is 5.26 Å². The Morgan fingerprint density at radius 3 is 2.65 bits per heavy atom. The van der Waals surface area contributed by atoms with E-state index in [2.05, 4.69) is 5.32 Å². The molecule has 5 heteroatoms. The van der Waals surface area contributed by atoms with Crippen LogP contribution in [0.15, 0.2) is 53.4 Å². The number of ether oxygens (including phenoxy) is 1. The Bertz CT molecular complexity index is 569. The first-order chi connectivity index (χ1) is 9.60. The van der Waals surface area contributed by atoms with Gasteiger partial charge in [0.15, 0.2) is 0 Å². The van der Waals surface area contributed by atoms with Gasteiger partial charge in [0.25, 0.3) is 0 Å².